The molecule has 0 heterocycles. The summed E-state index contributed by atoms with van der Waals surface area (Å²) in [5.41, 5.74) is 2.27. The second-order valence-electron chi connectivity index (χ2n) is 5.13. The predicted octanol–water partition coefficient (Wildman–Crippen LogP) is 2.48. The van der Waals surface area contributed by atoms with Gasteiger partial charge in [-0.15, -0.1) is 0 Å². The molecule has 0 fully saturated rings. The van der Waals surface area contributed by atoms with Gasteiger partial charge in [-0.2, -0.15) is 0 Å². The van der Waals surface area contributed by atoms with Crippen LogP contribution in [-0.2, 0) is 9.84 Å². The quantitative estimate of drug-likeness (QED) is 0.801. The van der Waals surface area contributed by atoms with E-state index in [1.165, 1.54) is 11.8 Å². The van der Waals surface area contributed by atoms with Crippen LogP contribution in [-0.4, -0.2) is 34.1 Å². The summed E-state index contributed by atoms with van der Waals surface area (Å²) in [7, 11) is -1.24. The molecule has 0 radical (unpaired) electrons. The molecule has 1 rings (SSSR count). The van der Waals surface area contributed by atoms with E-state index in [9.17, 15) is 8.42 Å². The largest absolute Gasteiger partial charge is 0.496 e. The highest BCUT2D eigenvalue weighted by Crippen LogP contribution is 2.29. The summed E-state index contributed by atoms with van der Waals surface area (Å²) in [5.74, 6) is 1.07. The molecule has 1 unspecified atom stereocenters. The zero-order valence-corrected chi connectivity index (χ0v) is 13.6. The zero-order chi connectivity index (χ0) is 15.2. The summed E-state index contributed by atoms with van der Waals surface area (Å²) < 4.78 is 27.9. The number of methoxy groups -OCH3 is 1. The summed E-state index contributed by atoms with van der Waals surface area (Å²) in [5, 5.41) is 3.41. The Morgan fingerprint density at radius 3 is 2.60 bits per heavy atom. The van der Waals surface area contributed by atoms with Crippen molar-refractivity contribution in [3.63, 3.8) is 0 Å². The number of rotatable bonds is 8. The van der Waals surface area contributed by atoms with Gasteiger partial charge in [0.25, 0.3) is 0 Å². The van der Waals surface area contributed by atoms with Crippen molar-refractivity contribution in [1.29, 1.82) is 0 Å². The summed E-state index contributed by atoms with van der Waals surface area (Å²) in [6.07, 6.45) is 2.71. The van der Waals surface area contributed by atoms with Crippen LogP contribution in [0.2, 0.25) is 0 Å². The maximum atomic E-state index is 11.2. The lowest BCUT2D eigenvalue weighted by Gasteiger charge is -2.21. The van der Waals surface area contributed by atoms with Crippen LogP contribution in [0.25, 0.3) is 0 Å². The lowest BCUT2D eigenvalue weighted by atomic mass is 9.99. The van der Waals surface area contributed by atoms with Gasteiger partial charge in [0.05, 0.1) is 7.11 Å². The van der Waals surface area contributed by atoms with Crippen molar-refractivity contribution < 1.29 is 13.2 Å². The molecule has 114 valence electrons. The standard InChI is InChI=1S/C15H25NO3S/c1-5-16-14(7-6-10-20(4,17)18)13-11-12(2)8-9-15(13)19-3/h8-9,11,14,16H,5-7,10H2,1-4H3. The molecular weight excluding hydrogens is 274 g/mol. The SMILES string of the molecule is CCNC(CCCS(C)(=O)=O)c1cc(C)ccc1OC. The number of aryl methyl sites for hydroxylation is 1. The lowest BCUT2D eigenvalue weighted by Crippen LogP contribution is -2.22. The fourth-order valence-electron chi connectivity index (χ4n) is 2.29. The van der Waals surface area contributed by atoms with Crippen molar-refractivity contribution >= 4 is 9.84 Å². The van der Waals surface area contributed by atoms with Gasteiger partial charge in [0.2, 0.25) is 0 Å². The number of ether oxygens (including phenoxy) is 1. The second-order valence-corrected chi connectivity index (χ2v) is 7.39. The van der Waals surface area contributed by atoms with Crippen LogP contribution in [0.1, 0.15) is 36.9 Å². The molecule has 1 aromatic rings. The van der Waals surface area contributed by atoms with Gasteiger partial charge in [0.15, 0.2) is 0 Å². The summed E-state index contributed by atoms with van der Waals surface area (Å²) in [4.78, 5) is 0. The Morgan fingerprint density at radius 1 is 1.35 bits per heavy atom. The third-order valence-corrected chi connectivity index (χ3v) is 4.25. The van der Waals surface area contributed by atoms with Crippen LogP contribution in [0, 0.1) is 6.92 Å². The molecule has 1 atom stereocenters. The first kappa shape index (κ1) is 17.0. The van der Waals surface area contributed by atoms with Crippen molar-refractivity contribution in [2.24, 2.45) is 0 Å². The molecule has 0 spiro atoms. The molecule has 1 aromatic carbocycles. The highest BCUT2D eigenvalue weighted by Gasteiger charge is 2.16. The van der Waals surface area contributed by atoms with Crippen molar-refractivity contribution in [3.8, 4) is 5.75 Å². The third-order valence-electron chi connectivity index (χ3n) is 3.22. The number of benzene rings is 1. The van der Waals surface area contributed by atoms with E-state index in [0.29, 0.717) is 6.42 Å². The highest BCUT2D eigenvalue weighted by molar-refractivity contribution is 7.90. The summed E-state index contributed by atoms with van der Waals surface area (Å²) in [6.45, 7) is 4.93. The molecule has 20 heavy (non-hydrogen) atoms. The maximum absolute atomic E-state index is 11.2. The first-order chi connectivity index (χ1) is 9.37. The Labute approximate surface area is 122 Å². The molecule has 0 saturated heterocycles. The minimum atomic E-state index is -2.90. The van der Waals surface area contributed by atoms with Crippen LogP contribution in [0.5, 0.6) is 5.75 Å². The average Bonchev–Trinajstić information content (AvgIpc) is 2.36. The van der Waals surface area contributed by atoms with Gasteiger partial charge in [0.1, 0.15) is 15.6 Å². The van der Waals surface area contributed by atoms with E-state index >= 15 is 0 Å². The number of hydrogen-bond donors (Lipinski definition) is 1. The van der Waals surface area contributed by atoms with Crippen molar-refractivity contribution in [2.45, 2.75) is 32.7 Å². The van der Waals surface area contributed by atoms with Gasteiger partial charge >= 0.3 is 0 Å². The van der Waals surface area contributed by atoms with Crippen LogP contribution in [0.15, 0.2) is 18.2 Å². The molecule has 5 heteroatoms. The molecule has 0 bridgehead atoms. The topological polar surface area (TPSA) is 55.4 Å². The van der Waals surface area contributed by atoms with Crippen molar-refractivity contribution in [2.75, 3.05) is 25.7 Å². The van der Waals surface area contributed by atoms with Crippen molar-refractivity contribution in [3.05, 3.63) is 29.3 Å². The van der Waals surface area contributed by atoms with Gasteiger partial charge in [-0.3, -0.25) is 0 Å². The van der Waals surface area contributed by atoms with E-state index in [0.717, 1.165) is 24.3 Å². The Kier molecular flexibility index (Phi) is 6.49. The first-order valence-corrected chi connectivity index (χ1v) is 8.99. The molecule has 0 amide bonds. The second kappa shape index (κ2) is 7.64. The van der Waals surface area contributed by atoms with Gasteiger partial charge in [0, 0.05) is 23.6 Å². The fourth-order valence-corrected chi connectivity index (χ4v) is 2.98. The van der Waals surface area contributed by atoms with Gasteiger partial charge in [-0.25, -0.2) is 8.42 Å². The number of nitrogens with one attached hydrogen (secondary N) is 1. The maximum Gasteiger partial charge on any atom is 0.147 e. The Morgan fingerprint density at radius 2 is 2.05 bits per heavy atom. The van der Waals surface area contributed by atoms with E-state index in [-0.39, 0.29) is 11.8 Å². The molecule has 0 aliphatic rings. The van der Waals surface area contributed by atoms with Crippen LogP contribution >= 0.6 is 0 Å². The normalized spacial score (nSPS) is 13.2. The van der Waals surface area contributed by atoms with Crippen molar-refractivity contribution in [1.82, 2.24) is 5.32 Å². The summed E-state index contributed by atoms with van der Waals surface area (Å²) >= 11 is 0. The van der Waals surface area contributed by atoms with E-state index in [4.69, 9.17) is 4.74 Å². The van der Waals surface area contributed by atoms with Gasteiger partial charge in [-0.1, -0.05) is 24.6 Å². The van der Waals surface area contributed by atoms with Gasteiger partial charge in [-0.05, 0) is 32.4 Å². The van der Waals surface area contributed by atoms with E-state index in [1.807, 2.05) is 26.0 Å². The molecule has 0 aromatic heterocycles. The Bertz CT molecular complexity index is 526. The summed E-state index contributed by atoms with van der Waals surface area (Å²) in [6, 6.07) is 6.21. The first-order valence-electron chi connectivity index (χ1n) is 6.93. The van der Waals surface area contributed by atoms with E-state index in [1.54, 1.807) is 7.11 Å². The molecule has 1 N–H and O–H groups in total. The van der Waals surface area contributed by atoms with Gasteiger partial charge < -0.3 is 10.1 Å². The van der Waals surface area contributed by atoms with E-state index < -0.39 is 9.84 Å². The molecule has 0 aliphatic heterocycles. The monoisotopic (exact) mass is 299 g/mol. The average molecular weight is 299 g/mol. The van der Waals surface area contributed by atoms with Crippen LogP contribution in [0.3, 0.4) is 0 Å². The fraction of sp³-hybridized carbons (Fsp3) is 0.600. The number of hydrogen-bond acceptors (Lipinski definition) is 4. The molecule has 4 nitrogen and oxygen atoms in total. The molecular formula is C15H25NO3S. The number of sulfone groups is 1. The molecule has 0 saturated carbocycles. The van der Waals surface area contributed by atoms with E-state index in [2.05, 4.69) is 11.4 Å². The van der Waals surface area contributed by atoms with Crippen LogP contribution in [0.4, 0.5) is 0 Å². The molecule has 0 aliphatic carbocycles. The lowest BCUT2D eigenvalue weighted by molar-refractivity contribution is 0.395. The third kappa shape index (κ3) is 5.51. The highest BCUT2D eigenvalue weighted by atomic mass is 32.2. The Balaban J connectivity index is 2.87. The smallest absolute Gasteiger partial charge is 0.147 e. The minimum Gasteiger partial charge on any atom is -0.496 e. The zero-order valence-electron chi connectivity index (χ0n) is 12.8. The Hall–Kier alpha value is -1.07. The predicted molar refractivity (Wildman–Crippen MR) is 83.1 cm³/mol. The van der Waals surface area contributed by atoms with Crippen LogP contribution < -0.4 is 10.1 Å². The minimum absolute atomic E-state index is 0.122.